The first-order valence-corrected chi connectivity index (χ1v) is 14.7. The van der Waals surface area contributed by atoms with Crippen molar-refractivity contribution in [3.05, 3.63) is 108 Å². The van der Waals surface area contributed by atoms with Gasteiger partial charge in [0, 0.05) is 25.4 Å². The summed E-state index contributed by atoms with van der Waals surface area (Å²) in [6.07, 6.45) is 1.33. The van der Waals surface area contributed by atoms with Gasteiger partial charge in [0.25, 0.3) is 0 Å². The van der Waals surface area contributed by atoms with E-state index in [4.69, 9.17) is 4.74 Å². The first kappa shape index (κ1) is 28.6. The monoisotopic (exact) mass is 559 g/mol. The van der Waals surface area contributed by atoms with Crippen LogP contribution in [0.2, 0.25) is 0 Å². The third-order valence-electron chi connectivity index (χ3n) is 6.72. The molecular weight excluding hydrogens is 526 g/mol. The largest absolute Gasteiger partial charge is 0.497 e. The molecule has 4 rings (SSSR count). The number of methoxy groups -OCH3 is 1. The Hall–Kier alpha value is -4.37. The molecule has 40 heavy (non-hydrogen) atoms. The van der Waals surface area contributed by atoms with Gasteiger partial charge < -0.3 is 15.0 Å². The van der Waals surface area contributed by atoms with Crippen LogP contribution in [-0.2, 0) is 32.6 Å². The maximum Gasteiger partial charge on any atom is 0.244 e. The van der Waals surface area contributed by atoms with Crippen molar-refractivity contribution in [2.45, 2.75) is 19.0 Å². The number of amides is 2. The summed E-state index contributed by atoms with van der Waals surface area (Å²) in [7, 11) is -0.791. The summed E-state index contributed by atoms with van der Waals surface area (Å²) >= 11 is 0. The fourth-order valence-corrected chi connectivity index (χ4v) is 5.57. The van der Waals surface area contributed by atoms with Gasteiger partial charge in [0.2, 0.25) is 21.8 Å². The van der Waals surface area contributed by atoms with Crippen LogP contribution >= 0.6 is 0 Å². The van der Waals surface area contributed by atoms with E-state index in [0.717, 1.165) is 27.1 Å². The Morgan fingerprint density at radius 1 is 0.875 bits per heavy atom. The van der Waals surface area contributed by atoms with Gasteiger partial charge in [-0.25, -0.2) is 8.42 Å². The highest BCUT2D eigenvalue weighted by atomic mass is 32.2. The predicted octanol–water partition coefficient (Wildman–Crippen LogP) is 4.00. The highest BCUT2D eigenvalue weighted by molar-refractivity contribution is 7.92. The van der Waals surface area contributed by atoms with Crippen LogP contribution in [0.5, 0.6) is 5.75 Å². The Morgan fingerprint density at radius 2 is 1.52 bits per heavy atom. The van der Waals surface area contributed by atoms with Crippen LogP contribution in [0.3, 0.4) is 0 Å². The standard InChI is InChI=1S/C31H33N3O5S/c1-32-31(36)29(20-23-11-5-4-6-12-23)33(21-24-13-9-16-26(19-24)39-2)30(35)22-34(40(3,37)38)28-18-10-15-25-14-7-8-17-27(25)28/h4-19,29H,20-22H2,1-3H3,(H,32,36). The van der Waals surface area contributed by atoms with Crippen molar-refractivity contribution in [2.24, 2.45) is 0 Å². The number of nitrogens with zero attached hydrogens (tertiary/aromatic N) is 2. The maximum atomic E-state index is 14.1. The molecule has 0 saturated carbocycles. The first-order chi connectivity index (χ1) is 19.2. The summed E-state index contributed by atoms with van der Waals surface area (Å²) in [5.41, 5.74) is 2.01. The Bertz CT molecular complexity index is 1590. The summed E-state index contributed by atoms with van der Waals surface area (Å²) < 4.78 is 32.6. The lowest BCUT2D eigenvalue weighted by molar-refractivity contribution is -0.139. The molecule has 1 N–H and O–H groups in total. The van der Waals surface area contributed by atoms with Crippen LogP contribution < -0.4 is 14.4 Å². The third kappa shape index (κ3) is 6.79. The molecule has 0 aromatic heterocycles. The molecule has 0 bridgehead atoms. The molecule has 4 aromatic rings. The minimum atomic E-state index is -3.87. The second-order valence-corrected chi connectivity index (χ2v) is 11.4. The number of carbonyl (C=O) groups excluding carboxylic acids is 2. The van der Waals surface area contributed by atoms with Crippen molar-refractivity contribution in [1.82, 2.24) is 10.2 Å². The van der Waals surface area contributed by atoms with E-state index in [1.165, 1.54) is 11.9 Å². The van der Waals surface area contributed by atoms with Crippen LogP contribution in [0.1, 0.15) is 11.1 Å². The first-order valence-electron chi connectivity index (χ1n) is 12.8. The average molecular weight is 560 g/mol. The fourth-order valence-electron chi connectivity index (χ4n) is 4.71. The molecule has 8 nitrogen and oxygen atoms in total. The number of anilines is 1. The molecule has 1 unspecified atom stereocenters. The van der Waals surface area contributed by atoms with E-state index in [2.05, 4.69) is 5.32 Å². The van der Waals surface area contributed by atoms with Gasteiger partial charge in [0.15, 0.2) is 0 Å². The smallest absolute Gasteiger partial charge is 0.244 e. The lowest BCUT2D eigenvalue weighted by Crippen LogP contribution is -2.52. The molecule has 4 aromatic carbocycles. The van der Waals surface area contributed by atoms with Crippen molar-refractivity contribution in [1.29, 1.82) is 0 Å². The maximum absolute atomic E-state index is 14.1. The average Bonchev–Trinajstić information content (AvgIpc) is 2.97. The van der Waals surface area contributed by atoms with E-state index in [9.17, 15) is 18.0 Å². The molecule has 9 heteroatoms. The Kier molecular flexibility index (Phi) is 9.06. The molecule has 2 amide bonds. The van der Waals surface area contributed by atoms with Gasteiger partial charge >= 0.3 is 0 Å². The topological polar surface area (TPSA) is 96.0 Å². The quantitative estimate of drug-likeness (QED) is 0.300. The highest BCUT2D eigenvalue weighted by Gasteiger charge is 2.33. The van der Waals surface area contributed by atoms with E-state index < -0.39 is 28.5 Å². The minimum absolute atomic E-state index is 0.0775. The number of carbonyl (C=O) groups is 2. The lowest BCUT2D eigenvalue weighted by Gasteiger charge is -2.33. The van der Waals surface area contributed by atoms with Gasteiger partial charge in [-0.15, -0.1) is 0 Å². The number of ether oxygens (including phenoxy) is 1. The normalized spacial score (nSPS) is 12.0. The predicted molar refractivity (Wildman–Crippen MR) is 158 cm³/mol. The zero-order valence-corrected chi connectivity index (χ0v) is 23.6. The SMILES string of the molecule is CNC(=O)C(Cc1ccccc1)N(Cc1cccc(OC)c1)C(=O)CN(c1cccc2ccccc12)S(C)(=O)=O. The number of fused-ring (bicyclic) bond motifs is 1. The van der Waals surface area contributed by atoms with E-state index >= 15 is 0 Å². The lowest BCUT2D eigenvalue weighted by atomic mass is 10.0. The summed E-state index contributed by atoms with van der Waals surface area (Å²) in [5.74, 6) is -0.250. The molecule has 0 aliphatic heterocycles. The van der Waals surface area contributed by atoms with Crippen molar-refractivity contribution in [3.63, 3.8) is 0 Å². The van der Waals surface area contributed by atoms with Crippen molar-refractivity contribution >= 4 is 38.3 Å². The van der Waals surface area contributed by atoms with Crippen LogP contribution in [0.15, 0.2) is 97.1 Å². The third-order valence-corrected chi connectivity index (χ3v) is 7.85. The number of nitrogens with one attached hydrogen (secondary N) is 1. The summed E-state index contributed by atoms with van der Waals surface area (Å²) in [6, 6.07) is 28.5. The van der Waals surface area contributed by atoms with Gasteiger partial charge in [0.05, 0.1) is 19.1 Å². The van der Waals surface area contributed by atoms with Gasteiger partial charge in [-0.05, 0) is 34.7 Å². The minimum Gasteiger partial charge on any atom is -0.497 e. The van der Waals surface area contributed by atoms with Crippen LogP contribution in [0.4, 0.5) is 5.69 Å². The Balaban J connectivity index is 1.77. The fraction of sp³-hybridized carbons (Fsp3) is 0.226. The molecule has 0 spiro atoms. The van der Waals surface area contributed by atoms with Crippen LogP contribution in [0.25, 0.3) is 10.8 Å². The zero-order valence-electron chi connectivity index (χ0n) is 22.8. The summed E-state index contributed by atoms with van der Waals surface area (Å²) in [4.78, 5) is 28.8. The van der Waals surface area contributed by atoms with E-state index in [1.807, 2.05) is 72.8 Å². The molecule has 0 fully saturated rings. The van der Waals surface area contributed by atoms with E-state index in [1.54, 1.807) is 31.4 Å². The van der Waals surface area contributed by atoms with Gasteiger partial charge in [-0.2, -0.15) is 0 Å². The number of benzene rings is 4. The number of hydrogen-bond donors (Lipinski definition) is 1. The summed E-state index contributed by atoms with van der Waals surface area (Å²) in [6.45, 7) is -0.396. The number of sulfonamides is 1. The second-order valence-electron chi connectivity index (χ2n) is 9.46. The molecule has 208 valence electrons. The Morgan fingerprint density at radius 3 is 2.23 bits per heavy atom. The Labute approximate surface area is 235 Å². The van der Waals surface area contributed by atoms with Crippen LogP contribution in [-0.4, -0.2) is 58.1 Å². The van der Waals surface area contributed by atoms with Crippen molar-refractivity contribution < 1.29 is 22.7 Å². The molecule has 0 heterocycles. The van der Waals surface area contributed by atoms with Crippen LogP contribution in [0, 0.1) is 0 Å². The van der Waals surface area contributed by atoms with Gasteiger partial charge in [-0.3, -0.25) is 13.9 Å². The second kappa shape index (κ2) is 12.7. The molecule has 0 aliphatic rings. The van der Waals surface area contributed by atoms with Crippen molar-refractivity contribution in [3.8, 4) is 5.75 Å². The molecule has 1 atom stereocenters. The molecule has 0 aliphatic carbocycles. The molecule has 0 saturated heterocycles. The highest BCUT2D eigenvalue weighted by Crippen LogP contribution is 2.29. The van der Waals surface area contributed by atoms with Gasteiger partial charge in [-0.1, -0.05) is 78.9 Å². The van der Waals surface area contributed by atoms with E-state index in [0.29, 0.717) is 16.8 Å². The molecule has 0 radical (unpaired) electrons. The summed E-state index contributed by atoms with van der Waals surface area (Å²) in [5, 5.41) is 4.23. The van der Waals surface area contributed by atoms with Gasteiger partial charge in [0.1, 0.15) is 18.3 Å². The zero-order chi connectivity index (χ0) is 28.7. The van der Waals surface area contributed by atoms with E-state index in [-0.39, 0.29) is 18.9 Å². The van der Waals surface area contributed by atoms with Crippen molar-refractivity contribution in [2.75, 3.05) is 31.3 Å². The molecular formula is C31H33N3O5S. The number of rotatable bonds is 11. The number of hydrogen-bond acceptors (Lipinski definition) is 5. The number of likely N-dealkylation sites (N-methyl/N-ethyl adjacent to an activating group) is 1.